The molecule has 0 aromatic heterocycles. The van der Waals surface area contributed by atoms with E-state index < -0.39 is 0 Å². The van der Waals surface area contributed by atoms with Gasteiger partial charge in [0.05, 0.1) is 0 Å². The van der Waals surface area contributed by atoms with E-state index >= 15 is 0 Å². The summed E-state index contributed by atoms with van der Waals surface area (Å²) in [4.78, 5) is 20.4. The highest BCUT2D eigenvalue weighted by molar-refractivity contribution is 5.93. The summed E-state index contributed by atoms with van der Waals surface area (Å²) in [7, 11) is 5.33. The van der Waals surface area contributed by atoms with E-state index in [0.717, 1.165) is 24.5 Å². The first-order valence-electron chi connectivity index (χ1n) is 10.6. The molecular formula is C22H37N5O. The third-order valence-corrected chi connectivity index (χ3v) is 5.18. The van der Waals surface area contributed by atoms with Gasteiger partial charge in [0.15, 0.2) is 5.96 Å². The monoisotopic (exact) mass is 387 g/mol. The maximum absolute atomic E-state index is 11.9. The van der Waals surface area contributed by atoms with E-state index in [1.807, 2.05) is 24.3 Å². The molecule has 1 fully saturated rings. The Hall–Kier alpha value is -2.08. The molecule has 6 heteroatoms. The van der Waals surface area contributed by atoms with Crippen LogP contribution < -0.4 is 10.6 Å². The largest absolute Gasteiger partial charge is 0.356 e. The lowest BCUT2D eigenvalue weighted by Gasteiger charge is -2.26. The number of carbonyl (C=O) groups excluding carboxylic acids is 1. The fourth-order valence-corrected chi connectivity index (χ4v) is 3.46. The number of nitrogens with one attached hydrogen (secondary N) is 2. The highest BCUT2D eigenvalue weighted by atomic mass is 16.2. The zero-order valence-electron chi connectivity index (χ0n) is 17.8. The van der Waals surface area contributed by atoms with Crippen LogP contribution in [0.25, 0.3) is 0 Å². The summed E-state index contributed by atoms with van der Waals surface area (Å²) >= 11 is 0. The Labute approximate surface area is 170 Å². The second-order valence-corrected chi connectivity index (χ2v) is 7.71. The van der Waals surface area contributed by atoms with Crippen molar-refractivity contribution in [2.75, 3.05) is 47.3 Å². The minimum absolute atomic E-state index is 0.0253. The number of amides is 1. The molecule has 0 aliphatic carbocycles. The fraction of sp³-hybridized carbons (Fsp3) is 0.636. The molecule has 2 N–H and O–H groups in total. The predicted molar refractivity (Wildman–Crippen MR) is 117 cm³/mol. The van der Waals surface area contributed by atoms with Crippen molar-refractivity contribution in [3.63, 3.8) is 0 Å². The van der Waals surface area contributed by atoms with Crippen LogP contribution in [0.4, 0.5) is 0 Å². The Morgan fingerprint density at radius 3 is 2.39 bits per heavy atom. The van der Waals surface area contributed by atoms with E-state index in [9.17, 15) is 4.79 Å². The molecule has 1 aliphatic rings. The third kappa shape index (κ3) is 7.89. The van der Waals surface area contributed by atoms with Crippen molar-refractivity contribution in [1.82, 2.24) is 20.4 Å². The van der Waals surface area contributed by atoms with E-state index in [-0.39, 0.29) is 5.91 Å². The smallest absolute Gasteiger partial charge is 0.253 e. The van der Waals surface area contributed by atoms with Crippen LogP contribution in [-0.4, -0.2) is 69.0 Å². The molecule has 0 atom stereocenters. The summed E-state index contributed by atoms with van der Waals surface area (Å²) in [6.07, 6.45) is 7.85. The van der Waals surface area contributed by atoms with Gasteiger partial charge in [-0.3, -0.25) is 9.79 Å². The molecule has 0 radical (unpaired) electrons. The maximum Gasteiger partial charge on any atom is 0.253 e. The minimum Gasteiger partial charge on any atom is -0.356 e. The Morgan fingerprint density at radius 2 is 1.75 bits per heavy atom. The van der Waals surface area contributed by atoms with Gasteiger partial charge in [-0.1, -0.05) is 25.0 Å². The summed E-state index contributed by atoms with van der Waals surface area (Å²) in [5.74, 6) is 0.849. The van der Waals surface area contributed by atoms with E-state index in [4.69, 9.17) is 0 Å². The minimum atomic E-state index is 0.0253. The molecule has 1 amide bonds. The van der Waals surface area contributed by atoms with Crippen molar-refractivity contribution in [3.8, 4) is 0 Å². The van der Waals surface area contributed by atoms with Crippen LogP contribution in [0.1, 0.15) is 54.4 Å². The van der Waals surface area contributed by atoms with Crippen molar-refractivity contribution in [3.05, 3.63) is 35.4 Å². The number of aliphatic imine (C=N–C) groups is 1. The van der Waals surface area contributed by atoms with Gasteiger partial charge >= 0.3 is 0 Å². The first kappa shape index (κ1) is 22.2. The van der Waals surface area contributed by atoms with Gasteiger partial charge < -0.3 is 20.4 Å². The zero-order valence-corrected chi connectivity index (χ0v) is 17.8. The van der Waals surface area contributed by atoms with Crippen LogP contribution in [0.5, 0.6) is 0 Å². The Balaban J connectivity index is 1.60. The highest BCUT2D eigenvalue weighted by Crippen LogP contribution is 2.10. The standard InChI is InChI=1S/C22H37N5O/c1-23-22(24-14-6-4-7-15-27-16-8-5-9-17-27)25-18-19-10-12-20(13-11-19)21(28)26(2)3/h10-13H,4-9,14-18H2,1-3H3,(H2,23,24,25). The molecule has 156 valence electrons. The number of carbonyl (C=O) groups is 1. The van der Waals surface area contributed by atoms with Crippen LogP contribution in [0.15, 0.2) is 29.3 Å². The molecule has 0 saturated carbocycles. The number of hydrogen-bond donors (Lipinski definition) is 2. The zero-order chi connectivity index (χ0) is 20.2. The van der Waals surface area contributed by atoms with Crippen LogP contribution in [0, 0.1) is 0 Å². The van der Waals surface area contributed by atoms with Crippen LogP contribution in [-0.2, 0) is 6.54 Å². The molecule has 1 aromatic carbocycles. The summed E-state index contributed by atoms with van der Waals surface area (Å²) < 4.78 is 0. The van der Waals surface area contributed by atoms with Crippen molar-refractivity contribution < 1.29 is 4.79 Å². The summed E-state index contributed by atoms with van der Waals surface area (Å²) in [5.41, 5.74) is 1.83. The highest BCUT2D eigenvalue weighted by Gasteiger charge is 2.09. The van der Waals surface area contributed by atoms with E-state index in [2.05, 4.69) is 20.5 Å². The average Bonchev–Trinajstić information content (AvgIpc) is 2.73. The number of likely N-dealkylation sites (tertiary alicyclic amines) is 1. The molecule has 2 rings (SSSR count). The summed E-state index contributed by atoms with van der Waals surface area (Å²) in [6.45, 7) is 5.46. The van der Waals surface area contributed by atoms with E-state index in [1.165, 1.54) is 51.7 Å². The molecule has 1 saturated heterocycles. The SMILES string of the molecule is CN=C(NCCCCCN1CCCCC1)NCc1ccc(C(=O)N(C)C)cc1. The normalized spacial score (nSPS) is 15.3. The third-order valence-electron chi connectivity index (χ3n) is 5.18. The van der Waals surface area contributed by atoms with Gasteiger partial charge in [0, 0.05) is 39.8 Å². The van der Waals surface area contributed by atoms with Gasteiger partial charge in [-0.05, 0) is 63.0 Å². The van der Waals surface area contributed by atoms with Gasteiger partial charge in [0.25, 0.3) is 5.91 Å². The predicted octanol–water partition coefficient (Wildman–Crippen LogP) is 2.71. The first-order valence-corrected chi connectivity index (χ1v) is 10.6. The molecule has 0 bridgehead atoms. The fourth-order valence-electron chi connectivity index (χ4n) is 3.46. The molecule has 1 heterocycles. The molecule has 6 nitrogen and oxygen atoms in total. The lowest BCUT2D eigenvalue weighted by molar-refractivity contribution is 0.0827. The number of rotatable bonds is 9. The Kier molecular flexibility index (Phi) is 9.83. The summed E-state index contributed by atoms with van der Waals surface area (Å²) in [6, 6.07) is 7.71. The van der Waals surface area contributed by atoms with Crippen molar-refractivity contribution in [2.45, 2.75) is 45.1 Å². The second-order valence-electron chi connectivity index (χ2n) is 7.71. The molecule has 0 spiro atoms. The van der Waals surface area contributed by atoms with Gasteiger partial charge in [-0.25, -0.2) is 0 Å². The number of unbranched alkanes of at least 4 members (excludes halogenated alkanes) is 2. The maximum atomic E-state index is 11.9. The van der Waals surface area contributed by atoms with Gasteiger partial charge in [0.2, 0.25) is 0 Å². The molecule has 0 unspecified atom stereocenters. The van der Waals surface area contributed by atoms with E-state index in [0.29, 0.717) is 12.1 Å². The Morgan fingerprint density at radius 1 is 1.04 bits per heavy atom. The number of guanidine groups is 1. The molecule has 1 aromatic rings. The Bertz CT molecular complexity index is 606. The van der Waals surface area contributed by atoms with Crippen LogP contribution in [0.2, 0.25) is 0 Å². The molecule has 28 heavy (non-hydrogen) atoms. The van der Waals surface area contributed by atoms with Gasteiger partial charge in [-0.15, -0.1) is 0 Å². The second kappa shape index (κ2) is 12.4. The molecule has 1 aliphatic heterocycles. The van der Waals surface area contributed by atoms with Crippen LogP contribution in [0.3, 0.4) is 0 Å². The average molecular weight is 388 g/mol. The topological polar surface area (TPSA) is 60.0 Å². The molecular weight excluding hydrogens is 350 g/mol. The van der Waals surface area contributed by atoms with Crippen molar-refractivity contribution in [2.24, 2.45) is 4.99 Å². The number of hydrogen-bond acceptors (Lipinski definition) is 3. The summed E-state index contributed by atoms with van der Waals surface area (Å²) in [5, 5.41) is 6.72. The van der Waals surface area contributed by atoms with Crippen molar-refractivity contribution >= 4 is 11.9 Å². The van der Waals surface area contributed by atoms with Gasteiger partial charge in [-0.2, -0.15) is 0 Å². The number of nitrogens with zero attached hydrogens (tertiary/aromatic N) is 3. The first-order chi connectivity index (χ1) is 13.6. The van der Waals surface area contributed by atoms with E-state index in [1.54, 1.807) is 26.0 Å². The van der Waals surface area contributed by atoms with Crippen LogP contribution >= 0.6 is 0 Å². The number of benzene rings is 1. The van der Waals surface area contributed by atoms with Gasteiger partial charge in [0.1, 0.15) is 0 Å². The quantitative estimate of drug-likeness (QED) is 0.389. The lowest BCUT2D eigenvalue weighted by atomic mass is 10.1. The number of piperidine rings is 1. The van der Waals surface area contributed by atoms with Crippen molar-refractivity contribution in [1.29, 1.82) is 0 Å². The lowest BCUT2D eigenvalue weighted by Crippen LogP contribution is -2.37.